The number of hydrogen-bond acceptors (Lipinski definition) is 4. The van der Waals surface area contributed by atoms with Crippen LogP contribution in [0, 0.1) is 11.6 Å². The van der Waals surface area contributed by atoms with Crippen molar-refractivity contribution in [1.82, 2.24) is 0 Å². The van der Waals surface area contributed by atoms with Crippen LogP contribution in [0.4, 0.5) is 14.5 Å². The van der Waals surface area contributed by atoms with Crippen molar-refractivity contribution in [2.24, 2.45) is 5.14 Å². The molecule has 0 heterocycles. The Balaban J connectivity index is 2.20. The van der Waals surface area contributed by atoms with Gasteiger partial charge >= 0.3 is 0 Å². The number of nitrogens with two attached hydrogens (primary N) is 1. The zero-order chi connectivity index (χ0) is 21.3. The molecule has 29 heavy (non-hydrogen) atoms. The molecule has 0 bridgehead atoms. The molecule has 3 rings (SSSR count). The molecule has 0 fully saturated rings. The van der Waals surface area contributed by atoms with Crippen LogP contribution < -0.4 is 14.8 Å². The Morgan fingerprint density at radius 3 is 1.86 bits per heavy atom. The topological polar surface area (TPSA) is 72.6 Å². The summed E-state index contributed by atoms with van der Waals surface area (Å²) in [5.74, 6) is -1.41. The Labute approximate surface area is 168 Å². The van der Waals surface area contributed by atoms with Crippen molar-refractivity contribution < 1.29 is 21.9 Å². The molecule has 0 unspecified atom stereocenters. The SMILES string of the molecule is COc1cc(-c2cc(F)c(F)cc2-c2ccc(S(N)(=O)=O)cc2)ccc1N(C)C. The number of hydrogen-bond donors (Lipinski definition) is 1. The first-order valence-electron chi connectivity index (χ1n) is 8.60. The van der Waals surface area contributed by atoms with Gasteiger partial charge in [-0.05, 0) is 58.7 Å². The third-order valence-electron chi connectivity index (χ3n) is 4.53. The summed E-state index contributed by atoms with van der Waals surface area (Å²) in [5.41, 5.74) is 2.82. The second-order valence-electron chi connectivity index (χ2n) is 6.66. The molecule has 0 saturated carbocycles. The van der Waals surface area contributed by atoms with E-state index >= 15 is 0 Å². The van der Waals surface area contributed by atoms with Gasteiger partial charge < -0.3 is 9.64 Å². The lowest BCUT2D eigenvalue weighted by Crippen LogP contribution is -2.11. The first kappa shape index (κ1) is 20.8. The largest absolute Gasteiger partial charge is 0.495 e. The van der Waals surface area contributed by atoms with E-state index in [1.165, 1.54) is 31.4 Å². The number of halogens is 2. The monoisotopic (exact) mass is 418 g/mol. The molecule has 152 valence electrons. The summed E-state index contributed by atoms with van der Waals surface area (Å²) >= 11 is 0. The summed E-state index contributed by atoms with van der Waals surface area (Å²) < 4.78 is 56.5. The Hall–Kier alpha value is -2.97. The zero-order valence-corrected chi connectivity index (χ0v) is 16.9. The van der Waals surface area contributed by atoms with Gasteiger partial charge in [0.1, 0.15) is 5.75 Å². The molecule has 3 aromatic rings. The normalized spacial score (nSPS) is 11.4. The third-order valence-corrected chi connectivity index (χ3v) is 5.46. The number of anilines is 1. The molecule has 0 aliphatic carbocycles. The first-order chi connectivity index (χ1) is 13.6. The van der Waals surface area contributed by atoms with Crippen LogP contribution in [0.2, 0.25) is 0 Å². The van der Waals surface area contributed by atoms with Gasteiger partial charge in [-0.25, -0.2) is 22.3 Å². The molecule has 0 aliphatic rings. The van der Waals surface area contributed by atoms with Gasteiger partial charge in [-0.3, -0.25) is 0 Å². The number of ether oxygens (including phenoxy) is 1. The third kappa shape index (κ3) is 4.23. The predicted molar refractivity (Wildman–Crippen MR) is 109 cm³/mol. The van der Waals surface area contributed by atoms with Gasteiger partial charge in [-0.1, -0.05) is 18.2 Å². The molecule has 0 aliphatic heterocycles. The van der Waals surface area contributed by atoms with Crippen molar-refractivity contribution in [1.29, 1.82) is 0 Å². The molecular weight excluding hydrogens is 398 g/mol. The fourth-order valence-electron chi connectivity index (χ4n) is 3.06. The van der Waals surface area contributed by atoms with E-state index in [-0.39, 0.29) is 4.90 Å². The van der Waals surface area contributed by atoms with Crippen molar-refractivity contribution in [3.05, 3.63) is 66.2 Å². The number of sulfonamides is 1. The fourth-order valence-corrected chi connectivity index (χ4v) is 3.58. The van der Waals surface area contributed by atoms with Crippen LogP contribution in [-0.2, 0) is 10.0 Å². The zero-order valence-electron chi connectivity index (χ0n) is 16.1. The molecule has 8 heteroatoms. The molecule has 0 saturated heterocycles. The predicted octanol–water partition coefficient (Wildman–Crippen LogP) is 4.02. The van der Waals surface area contributed by atoms with E-state index in [0.29, 0.717) is 28.0 Å². The quantitative estimate of drug-likeness (QED) is 0.679. The highest BCUT2D eigenvalue weighted by Gasteiger charge is 2.16. The molecule has 0 atom stereocenters. The lowest BCUT2D eigenvalue weighted by atomic mass is 9.94. The second kappa shape index (κ2) is 7.81. The fraction of sp³-hybridized carbons (Fsp3) is 0.143. The molecule has 3 aromatic carbocycles. The Morgan fingerprint density at radius 2 is 1.38 bits per heavy atom. The maximum atomic E-state index is 14.1. The minimum Gasteiger partial charge on any atom is -0.495 e. The van der Waals surface area contributed by atoms with Crippen molar-refractivity contribution in [2.75, 3.05) is 26.1 Å². The Kier molecular flexibility index (Phi) is 5.59. The first-order valence-corrected chi connectivity index (χ1v) is 10.1. The van der Waals surface area contributed by atoms with E-state index in [2.05, 4.69) is 0 Å². The highest BCUT2D eigenvalue weighted by Crippen LogP contribution is 2.38. The van der Waals surface area contributed by atoms with Gasteiger partial charge in [0, 0.05) is 14.1 Å². The molecule has 2 N–H and O–H groups in total. The molecular formula is C21H20F2N2O3S. The van der Waals surface area contributed by atoms with Crippen LogP contribution in [0.25, 0.3) is 22.3 Å². The molecule has 0 radical (unpaired) electrons. The number of nitrogens with zero attached hydrogens (tertiary/aromatic N) is 1. The summed E-state index contributed by atoms with van der Waals surface area (Å²) in [4.78, 5) is 1.81. The number of benzene rings is 3. The molecule has 0 spiro atoms. The van der Waals surface area contributed by atoms with E-state index in [4.69, 9.17) is 9.88 Å². The van der Waals surface area contributed by atoms with E-state index < -0.39 is 21.7 Å². The minimum absolute atomic E-state index is 0.0672. The highest BCUT2D eigenvalue weighted by molar-refractivity contribution is 7.89. The van der Waals surface area contributed by atoms with Crippen molar-refractivity contribution in [2.45, 2.75) is 4.90 Å². The van der Waals surface area contributed by atoms with Gasteiger partial charge in [0.15, 0.2) is 11.6 Å². The standard InChI is InChI=1S/C21H20F2N2O3S/c1-25(2)20-9-6-14(10-21(20)28-3)17-12-19(23)18(22)11-16(17)13-4-7-15(8-5-13)29(24,26)27/h4-12H,1-3H3,(H2,24,26,27). The molecule has 0 amide bonds. The summed E-state index contributed by atoms with van der Waals surface area (Å²) in [5, 5.41) is 5.13. The van der Waals surface area contributed by atoms with Crippen LogP contribution in [0.5, 0.6) is 5.75 Å². The van der Waals surface area contributed by atoms with E-state index in [1.54, 1.807) is 12.1 Å². The van der Waals surface area contributed by atoms with Crippen molar-refractivity contribution in [3.8, 4) is 28.0 Å². The van der Waals surface area contributed by atoms with Gasteiger partial charge in [0.05, 0.1) is 17.7 Å². The van der Waals surface area contributed by atoms with E-state index in [1.807, 2.05) is 25.1 Å². The lowest BCUT2D eigenvalue weighted by molar-refractivity contribution is 0.415. The van der Waals surface area contributed by atoms with Crippen LogP contribution >= 0.6 is 0 Å². The van der Waals surface area contributed by atoms with Gasteiger partial charge in [-0.15, -0.1) is 0 Å². The van der Waals surface area contributed by atoms with Gasteiger partial charge in [-0.2, -0.15) is 0 Å². The van der Waals surface area contributed by atoms with Gasteiger partial charge in [0.2, 0.25) is 10.0 Å². The average Bonchev–Trinajstić information content (AvgIpc) is 2.68. The maximum Gasteiger partial charge on any atom is 0.238 e. The van der Waals surface area contributed by atoms with Crippen LogP contribution in [0.3, 0.4) is 0 Å². The Morgan fingerprint density at radius 1 is 0.862 bits per heavy atom. The number of rotatable bonds is 5. The van der Waals surface area contributed by atoms with Crippen LogP contribution in [0.1, 0.15) is 0 Å². The van der Waals surface area contributed by atoms with Crippen LogP contribution in [0.15, 0.2) is 59.5 Å². The highest BCUT2D eigenvalue weighted by atomic mass is 32.2. The number of primary sulfonamides is 1. The average molecular weight is 418 g/mol. The van der Waals surface area contributed by atoms with E-state index in [9.17, 15) is 17.2 Å². The second-order valence-corrected chi connectivity index (χ2v) is 8.22. The van der Waals surface area contributed by atoms with Crippen LogP contribution in [-0.4, -0.2) is 29.6 Å². The number of methoxy groups -OCH3 is 1. The van der Waals surface area contributed by atoms with Crippen molar-refractivity contribution >= 4 is 15.7 Å². The van der Waals surface area contributed by atoms with Crippen molar-refractivity contribution in [3.63, 3.8) is 0 Å². The smallest absolute Gasteiger partial charge is 0.238 e. The summed E-state index contributed by atoms with van der Waals surface area (Å²) in [6, 6.07) is 13.2. The molecule has 0 aromatic heterocycles. The summed E-state index contributed by atoms with van der Waals surface area (Å²) in [6.45, 7) is 0. The Bertz CT molecular complexity index is 1160. The molecule has 5 nitrogen and oxygen atoms in total. The maximum absolute atomic E-state index is 14.1. The van der Waals surface area contributed by atoms with Gasteiger partial charge in [0.25, 0.3) is 0 Å². The summed E-state index contributed by atoms with van der Waals surface area (Å²) in [7, 11) is 1.41. The minimum atomic E-state index is -3.86. The lowest BCUT2D eigenvalue weighted by Gasteiger charge is -2.18. The van der Waals surface area contributed by atoms with E-state index in [0.717, 1.165) is 17.8 Å². The summed E-state index contributed by atoms with van der Waals surface area (Å²) in [6.07, 6.45) is 0.